The van der Waals surface area contributed by atoms with Crippen LogP contribution in [0, 0.1) is 11.6 Å². The zero-order valence-electron chi connectivity index (χ0n) is 15.4. The number of hydrogen-bond acceptors (Lipinski definition) is 6. The molecule has 1 amide bonds. The summed E-state index contributed by atoms with van der Waals surface area (Å²) in [6.07, 6.45) is 0.195. The number of carbonyl (C=O) groups is 1. The van der Waals surface area contributed by atoms with Crippen molar-refractivity contribution in [2.24, 2.45) is 11.6 Å². The summed E-state index contributed by atoms with van der Waals surface area (Å²) in [5.74, 6) is 3.71. The normalized spacial score (nSPS) is 13.0. The molecule has 6 nitrogen and oxygen atoms in total. The standard InChI is InChI=1S/C18H22ClF2N5OS/c1-9(26-23)16(24-2)14-7-15(28-17(14)19)18(27)25-13(8-22)5-10-3-11(20)6-12(21)4-10/h3-4,6-7,13,24,26H,5,8,22-23H2,1-2H3,(H,25,27)/b16-9-/t13-/m0/s1. The summed E-state index contributed by atoms with van der Waals surface area (Å²) in [4.78, 5) is 13.0. The number of halogens is 3. The molecule has 0 aliphatic heterocycles. The van der Waals surface area contributed by atoms with Crippen LogP contribution in [-0.2, 0) is 6.42 Å². The van der Waals surface area contributed by atoms with E-state index in [2.05, 4.69) is 16.1 Å². The quantitative estimate of drug-likeness (QED) is 0.327. The molecular formula is C18H22ClF2N5OS. The first-order valence-electron chi connectivity index (χ1n) is 8.39. The Morgan fingerprint density at radius 2 is 1.89 bits per heavy atom. The van der Waals surface area contributed by atoms with Crippen molar-refractivity contribution in [3.8, 4) is 0 Å². The number of benzene rings is 1. The van der Waals surface area contributed by atoms with E-state index in [1.54, 1.807) is 20.0 Å². The molecule has 0 saturated heterocycles. The van der Waals surface area contributed by atoms with Gasteiger partial charge in [-0.25, -0.2) is 8.78 Å². The molecule has 1 atom stereocenters. The van der Waals surface area contributed by atoms with Gasteiger partial charge in [0, 0.05) is 37.0 Å². The molecular weight excluding hydrogens is 408 g/mol. The predicted molar refractivity (Wildman–Crippen MR) is 109 cm³/mol. The highest BCUT2D eigenvalue weighted by molar-refractivity contribution is 7.18. The summed E-state index contributed by atoms with van der Waals surface area (Å²) in [5, 5.41) is 5.77. The second-order valence-electron chi connectivity index (χ2n) is 6.08. The van der Waals surface area contributed by atoms with E-state index in [0.29, 0.717) is 31.7 Å². The molecule has 152 valence electrons. The van der Waals surface area contributed by atoms with Crippen molar-refractivity contribution >= 4 is 34.5 Å². The average Bonchev–Trinajstić information content (AvgIpc) is 3.02. The van der Waals surface area contributed by atoms with E-state index >= 15 is 0 Å². The number of hydrogen-bond donors (Lipinski definition) is 5. The number of nitrogens with one attached hydrogen (secondary N) is 3. The molecule has 28 heavy (non-hydrogen) atoms. The molecule has 0 spiro atoms. The van der Waals surface area contributed by atoms with Crippen LogP contribution >= 0.6 is 22.9 Å². The summed E-state index contributed by atoms with van der Waals surface area (Å²) >= 11 is 7.39. The van der Waals surface area contributed by atoms with Crippen LogP contribution in [0.4, 0.5) is 8.78 Å². The molecule has 2 aromatic rings. The Morgan fingerprint density at radius 1 is 1.25 bits per heavy atom. The van der Waals surface area contributed by atoms with E-state index in [0.717, 1.165) is 17.4 Å². The lowest BCUT2D eigenvalue weighted by Crippen LogP contribution is -2.41. The molecule has 0 radical (unpaired) electrons. The van der Waals surface area contributed by atoms with Gasteiger partial charge in [-0.15, -0.1) is 11.3 Å². The molecule has 1 aromatic carbocycles. The maximum absolute atomic E-state index is 13.4. The van der Waals surface area contributed by atoms with Crippen molar-refractivity contribution in [1.82, 2.24) is 16.1 Å². The predicted octanol–water partition coefficient (Wildman–Crippen LogP) is 2.35. The summed E-state index contributed by atoms with van der Waals surface area (Å²) < 4.78 is 27.1. The highest BCUT2D eigenvalue weighted by Crippen LogP contribution is 2.32. The van der Waals surface area contributed by atoms with Crippen LogP contribution in [-0.4, -0.2) is 25.5 Å². The summed E-state index contributed by atoms with van der Waals surface area (Å²) in [5.41, 5.74) is 10.6. The van der Waals surface area contributed by atoms with Crippen LogP contribution in [0.1, 0.15) is 27.7 Å². The minimum Gasteiger partial charge on any atom is -0.386 e. The third-order valence-electron chi connectivity index (χ3n) is 4.05. The number of hydrazine groups is 1. The van der Waals surface area contributed by atoms with Gasteiger partial charge in [0.2, 0.25) is 0 Å². The largest absolute Gasteiger partial charge is 0.386 e. The molecule has 0 saturated carbocycles. The van der Waals surface area contributed by atoms with Crippen LogP contribution < -0.4 is 27.6 Å². The van der Waals surface area contributed by atoms with E-state index in [4.69, 9.17) is 23.2 Å². The molecule has 2 rings (SSSR count). The van der Waals surface area contributed by atoms with Gasteiger partial charge >= 0.3 is 0 Å². The first-order valence-corrected chi connectivity index (χ1v) is 9.59. The average molecular weight is 430 g/mol. The van der Waals surface area contributed by atoms with E-state index < -0.39 is 17.7 Å². The smallest absolute Gasteiger partial charge is 0.261 e. The third kappa shape index (κ3) is 5.41. The van der Waals surface area contributed by atoms with Crippen molar-refractivity contribution in [3.05, 3.63) is 61.9 Å². The van der Waals surface area contributed by atoms with Gasteiger partial charge in [0.25, 0.3) is 5.91 Å². The third-order valence-corrected chi connectivity index (χ3v) is 5.40. The van der Waals surface area contributed by atoms with Crippen molar-refractivity contribution in [2.75, 3.05) is 13.6 Å². The van der Waals surface area contributed by atoms with Crippen LogP contribution in [0.15, 0.2) is 30.0 Å². The van der Waals surface area contributed by atoms with Gasteiger partial charge in [-0.05, 0) is 37.1 Å². The van der Waals surface area contributed by atoms with E-state index in [-0.39, 0.29) is 18.9 Å². The van der Waals surface area contributed by atoms with Crippen LogP contribution in [0.25, 0.3) is 5.70 Å². The minimum atomic E-state index is -0.679. The molecule has 7 N–H and O–H groups in total. The Morgan fingerprint density at radius 3 is 2.43 bits per heavy atom. The molecule has 0 unspecified atom stereocenters. The SMILES string of the molecule is CN/C(=C(/C)NN)c1cc(C(=O)N[C@H](CN)Cc2cc(F)cc(F)c2)sc1Cl. The Bertz CT molecular complexity index is 867. The number of amides is 1. The molecule has 1 heterocycles. The second-order valence-corrected chi connectivity index (χ2v) is 7.73. The molecule has 1 aromatic heterocycles. The van der Waals surface area contributed by atoms with Crippen molar-refractivity contribution in [1.29, 1.82) is 0 Å². The number of nitrogens with two attached hydrogens (primary N) is 2. The lowest BCUT2D eigenvalue weighted by molar-refractivity contribution is 0.0942. The van der Waals surface area contributed by atoms with Crippen molar-refractivity contribution in [2.45, 2.75) is 19.4 Å². The highest BCUT2D eigenvalue weighted by atomic mass is 35.5. The fraction of sp³-hybridized carbons (Fsp3) is 0.278. The zero-order valence-corrected chi connectivity index (χ0v) is 17.0. The van der Waals surface area contributed by atoms with E-state index in [1.165, 1.54) is 12.1 Å². The maximum atomic E-state index is 13.4. The maximum Gasteiger partial charge on any atom is 0.261 e. The molecule has 0 aliphatic carbocycles. The first kappa shape index (κ1) is 22.1. The Hall–Kier alpha value is -2.20. The monoisotopic (exact) mass is 429 g/mol. The van der Waals surface area contributed by atoms with Crippen LogP contribution in [0.3, 0.4) is 0 Å². The number of carbonyl (C=O) groups excluding carboxylic acids is 1. The van der Waals surface area contributed by atoms with Crippen LogP contribution in [0.5, 0.6) is 0 Å². The van der Waals surface area contributed by atoms with Gasteiger partial charge in [0.1, 0.15) is 16.0 Å². The molecule has 0 aliphatic rings. The van der Waals surface area contributed by atoms with Crippen molar-refractivity contribution in [3.63, 3.8) is 0 Å². The van der Waals surface area contributed by atoms with Gasteiger partial charge in [0.05, 0.1) is 10.6 Å². The molecule has 10 heteroatoms. The van der Waals surface area contributed by atoms with Crippen molar-refractivity contribution < 1.29 is 13.6 Å². The fourth-order valence-corrected chi connectivity index (χ4v) is 3.90. The summed E-state index contributed by atoms with van der Waals surface area (Å²) in [7, 11) is 1.71. The number of rotatable bonds is 8. The van der Waals surface area contributed by atoms with Gasteiger partial charge < -0.3 is 21.8 Å². The van der Waals surface area contributed by atoms with Gasteiger partial charge in [-0.3, -0.25) is 10.6 Å². The number of allylic oxidation sites excluding steroid dienone is 1. The summed E-state index contributed by atoms with van der Waals surface area (Å²) in [6, 6.07) is 4.36. The lowest BCUT2D eigenvalue weighted by Gasteiger charge is -2.16. The Kier molecular flexibility index (Phi) is 7.76. The minimum absolute atomic E-state index is 0.105. The lowest BCUT2D eigenvalue weighted by atomic mass is 10.1. The summed E-state index contributed by atoms with van der Waals surface area (Å²) in [6.45, 7) is 1.87. The first-order chi connectivity index (χ1) is 13.3. The highest BCUT2D eigenvalue weighted by Gasteiger charge is 2.20. The second kappa shape index (κ2) is 9.83. The van der Waals surface area contributed by atoms with Gasteiger partial charge in [-0.1, -0.05) is 11.6 Å². The fourth-order valence-electron chi connectivity index (χ4n) is 2.71. The van der Waals surface area contributed by atoms with Gasteiger partial charge in [-0.2, -0.15) is 0 Å². The van der Waals surface area contributed by atoms with E-state index in [1.807, 2.05) is 0 Å². The zero-order chi connectivity index (χ0) is 20.8. The Labute approximate surface area is 170 Å². The molecule has 0 fully saturated rings. The van der Waals surface area contributed by atoms with Gasteiger partial charge in [0.15, 0.2) is 0 Å². The van der Waals surface area contributed by atoms with E-state index in [9.17, 15) is 13.6 Å². The Balaban J connectivity index is 2.18. The van der Waals surface area contributed by atoms with Crippen LogP contribution in [0.2, 0.25) is 4.34 Å². The topological polar surface area (TPSA) is 105 Å². The number of thiophene rings is 1. The molecule has 0 bridgehead atoms.